The summed E-state index contributed by atoms with van der Waals surface area (Å²) in [6.45, 7) is 0. The number of rotatable bonds is 3. The van der Waals surface area contributed by atoms with E-state index in [-0.39, 0.29) is 5.91 Å². The first-order valence-corrected chi connectivity index (χ1v) is 8.08. The Bertz CT molecular complexity index is 867. The Balaban J connectivity index is 1.83. The van der Waals surface area contributed by atoms with Crippen molar-refractivity contribution in [1.29, 1.82) is 0 Å². The molecular weight excluding hydrogens is 314 g/mol. The lowest BCUT2D eigenvalue weighted by Crippen LogP contribution is -2.36. The monoisotopic (exact) mass is 331 g/mol. The second kappa shape index (κ2) is 5.98. The number of fused-ring (bicyclic) bond motifs is 1. The summed E-state index contributed by atoms with van der Waals surface area (Å²) in [7, 11) is 1.60. The molecule has 4 rings (SSSR count). The van der Waals surface area contributed by atoms with E-state index in [1.807, 2.05) is 60.7 Å². The van der Waals surface area contributed by atoms with Crippen LogP contribution in [0.1, 0.15) is 21.5 Å². The van der Waals surface area contributed by atoms with Crippen LogP contribution in [0.2, 0.25) is 0 Å². The average molecular weight is 331 g/mol. The van der Waals surface area contributed by atoms with E-state index < -0.39 is 5.79 Å². The van der Waals surface area contributed by atoms with Crippen LogP contribution in [0.4, 0.5) is 0 Å². The SMILES string of the molecule is CNC(=O)c1ccc2c(c1)OC(c1ccccc1)(c1ccccc1)O2. The Morgan fingerprint density at radius 3 is 1.92 bits per heavy atom. The summed E-state index contributed by atoms with van der Waals surface area (Å²) in [5.74, 6) is -0.0657. The molecular formula is C21H17NO3. The molecule has 0 radical (unpaired) electrons. The molecule has 1 amide bonds. The van der Waals surface area contributed by atoms with Crippen LogP contribution in [0.25, 0.3) is 0 Å². The fourth-order valence-corrected chi connectivity index (χ4v) is 3.01. The van der Waals surface area contributed by atoms with Crippen molar-refractivity contribution >= 4 is 5.91 Å². The number of carbonyl (C=O) groups excluding carboxylic acids is 1. The Labute approximate surface area is 146 Å². The molecule has 124 valence electrons. The molecule has 4 heteroatoms. The van der Waals surface area contributed by atoms with Gasteiger partial charge in [0.2, 0.25) is 0 Å². The van der Waals surface area contributed by atoms with Crippen LogP contribution in [0.5, 0.6) is 11.5 Å². The minimum atomic E-state index is -1.06. The molecule has 0 aliphatic carbocycles. The van der Waals surface area contributed by atoms with Gasteiger partial charge >= 0.3 is 5.79 Å². The van der Waals surface area contributed by atoms with Crippen molar-refractivity contribution in [1.82, 2.24) is 5.32 Å². The molecule has 3 aromatic carbocycles. The summed E-state index contributed by atoms with van der Waals surface area (Å²) < 4.78 is 12.6. The van der Waals surface area contributed by atoms with Gasteiger partial charge in [0.25, 0.3) is 5.91 Å². The van der Waals surface area contributed by atoms with E-state index in [0.717, 1.165) is 11.1 Å². The minimum absolute atomic E-state index is 0.164. The molecule has 0 bridgehead atoms. The van der Waals surface area contributed by atoms with Crippen LogP contribution in [-0.4, -0.2) is 13.0 Å². The zero-order valence-electron chi connectivity index (χ0n) is 13.7. The third-order valence-electron chi connectivity index (χ3n) is 4.25. The summed E-state index contributed by atoms with van der Waals surface area (Å²) >= 11 is 0. The van der Waals surface area contributed by atoms with Crippen molar-refractivity contribution in [3.8, 4) is 11.5 Å². The zero-order chi connectivity index (χ0) is 17.3. The van der Waals surface area contributed by atoms with Crippen molar-refractivity contribution in [2.75, 3.05) is 7.05 Å². The normalized spacial score (nSPS) is 14.1. The summed E-state index contributed by atoms with van der Waals surface area (Å²) in [6, 6.07) is 24.8. The Kier molecular flexibility index (Phi) is 3.65. The maximum absolute atomic E-state index is 11.9. The highest BCUT2D eigenvalue weighted by Crippen LogP contribution is 2.47. The summed E-state index contributed by atoms with van der Waals surface area (Å²) in [4.78, 5) is 11.9. The van der Waals surface area contributed by atoms with Crippen LogP contribution >= 0.6 is 0 Å². The Morgan fingerprint density at radius 2 is 1.36 bits per heavy atom. The highest BCUT2D eigenvalue weighted by Gasteiger charge is 2.45. The van der Waals surface area contributed by atoms with Gasteiger partial charge in [-0.3, -0.25) is 4.79 Å². The molecule has 0 saturated heterocycles. The number of benzene rings is 3. The van der Waals surface area contributed by atoms with Crippen molar-refractivity contribution in [3.63, 3.8) is 0 Å². The van der Waals surface area contributed by atoms with Gasteiger partial charge in [0.05, 0.1) is 0 Å². The number of hydrogen-bond donors (Lipinski definition) is 1. The second-order valence-electron chi connectivity index (χ2n) is 5.79. The van der Waals surface area contributed by atoms with E-state index in [0.29, 0.717) is 17.1 Å². The molecule has 0 atom stereocenters. The van der Waals surface area contributed by atoms with Gasteiger partial charge in [-0.25, -0.2) is 0 Å². The van der Waals surface area contributed by atoms with E-state index >= 15 is 0 Å². The maximum Gasteiger partial charge on any atom is 0.305 e. The highest BCUT2D eigenvalue weighted by atomic mass is 16.7. The molecule has 0 fully saturated rings. The van der Waals surface area contributed by atoms with Crippen molar-refractivity contribution in [2.45, 2.75) is 5.79 Å². The van der Waals surface area contributed by atoms with Gasteiger partial charge in [-0.2, -0.15) is 0 Å². The highest BCUT2D eigenvalue weighted by molar-refractivity contribution is 5.94. The predicted molar refractivity (Wildman–Crippen MR) is 94.8 cm³/mol. The number of ether oxygens (including phenoxy) is 2. The summed E-state index contributed by atoms with van der Waals surface area (Å²) in [6.07, 6.45) is 0. The summed E-state index contributed by atoms with van der Waals surface area (Å²) in [5, 5.41) is 2.62. The van der Waals surface area contributed by atoms with Crippen molar-refractivity contribution in [2.24, 2.45) is 0 Å². The Hall–Kier alpha value is -3.27. The largest absolute Gasteiger partial charge is 0.440 e. The first-order chi connectivity index (χ1) is 12.2. The Morgan fingerprint density at radius 1 is 0.800 bits per heavy atom. The fourth-order valence-electron chi connectivity index (χ4n) is 3.01. The van der Waals surface area contributed by atoms with E-state index in [4.69, 9.17) is 9.47 Å². The number of carbonyl (C=O) groups is 1. The van der Waals surface area contributed by atoms with Crippen LogP contribution < -0.4 is 14.8 Å². The maximum atomic E-state index is 11.9. The van der Waals surface area contributed by atoms with E-state index in [9.17, 15) is 4.79 Å². The molecule has 0 saturated carbocycles. The first-order valence-electron chi connectivity index (χ1n) is 8.08. The number of hydrogen-bond acceptors (Lipinski definition) is 3. The molecule has 1 N–H and O–H groups in total. The van der Waals surface area contributed by atoms with Crippen LogP contribution in [0.3, 0.4) is 0 Å². The molecule has 1 aliphatic heterocycles. The van der Waals surface area contributed by atoms with Gasteiger partial charge in [-0.15, -0.1) is 0 Å². The molecule has 0 spiro atoms. The van der Waals surface area contributed by atoms with Gasteiger partial charge in [0.15, 0.2) is 11.5 Å². The van der Waals surface area contributed by atoms with E-state index in [2.05, 4.69) is 5.32 Å². The van der Waals surface area contributed by atoms with E-state index in [1.165, 1.54) is 0 Å². The van der Waals surface area contributed by atoms with Crippen LogP contribution in [0, 0.1) is 0 Å². The smallest absolute Gasteiger partial charge is 0.305 e. The van der Waals surface area contributed by atoms with Gasteiger partial charge in [-0.1, -0.05) is 60.7 Å². The zero-order valence-corrected chi connectivity index (χ0v) is 13.7. The van der Waals surface area contributed by atoms with Gasteiger partial charge in [-0.05, 0) is 18.2 Å². The van der Waals surface area contributed by atoms with Crippen molar-refractivity contribution in [3.05, 3.63) is 95.6 Å². The van der Waals surface area contributed by atoms with E-state index in [1.54, 1.807) is 25.2 Å². The lowest BCUT2D eigenvalue weighted by molar-refractivity contribution is -0.0459. The molecule has 1 aliphatic rings. The van der Waals surface area contributed by atoms with Crippen LogP contribution in [0.15, 0.2) is 78.9 Å². The first kappa shape index (κ1) is 15.3. The van der Waals surface area contributed by atoms with Crippen LogP contribution in [-0.2, 0) is 5.79 Å². The average Bonchev–Trinajstić information content (AvgIpc) is 3.08. The number of nitrogens with one attached hydrogen (secondary N) is 1. The predicted octanol–water partition coefficient (Wildman–Crippen LogP) is 3.72. The lowest BCUT2D eigenvalue weighted by Gasteiger charge is -2.28. The van der Waals surface area contributed by atoms with Gasteiger partial charge < -0.3 is 14.8 Å². The molecule has 0 aromatic heterocycles. The standard InChI is InChI=1S/C21H17NO3/c1-22-20(23)15-12-13-18-19(14-15)25-21(24-18,16-8-4-2-5-9-16)17-10-6-3-7-11-17/h2-14H,1H3,(H,22,23). The van der Waals surface area contributed by atoms with Gasteiger partial charge in [0.1, 0.15) is 0 Å². The molecule has 0 unspecified atom stereocenters. The second-order valence-corrected chi connectivity index (χ2v) is 5.79. The molecule has 25 heavy (non-hydrogen) atoms. The summed E-state index contributed by atoms with van der Waals surface area (Å²) in [5.41, 5.74) is 2.31. The number of amides is 1. The molecule has 3 aromatic rings. The quantitative estimate of drug-likeness (QED) is 0.796. The van der Waals surface area contributed by atoms with Crippen molar-refractivity contribution < 1.29 is 14.3 Å². The third-order valence-corrected chi connectivity index (χ3v) is 4.25. The molecule has 1 heterocycles. The third kappa shape index (κ3) is 2.52. The molecule has 4 nitrogen and oxygen atoms in total. The van der Waals surface area contributed by atoms with Gasteiger partial charge in [0, 0.05) is 23.7 Å². The lowest BCUT2D eigenvalue weighted by atomic mass is 9.97. The fraction of sp³-hybridized carbons (Fsp3) is 0.0952. The topological polar surface area (TPSA) is 47.6 Å². The minimum Gasteiger partial charge on any atom is -0.440 e.